The zero-order valence-corrected chi connectivity index (χ0v) is 27.3. The highest BCUT2D eigenvalue weighted by molar-refractivity contribution is 14.1. The molecular weight excluding hydrogens is 681 g/mol. The first kappa shape index (κ1) is 29.9. The van der Waals surface area contributed by atoms with Gasteiger partial charge in [0.05, 0.1) is 26.2 Å². The van der Waals surface area contributed by atoms with Gasteiger partial charge < -0.3 is 19.3 Å². The third-order valence-corrected chi connectivity index (χ3v) is 12.0. The van der Waals surface area contributed by atoms with Crippen LogP contribution in [0, 0.1) is 0 Å². The molecule has 0 aromatic heterocycles. The van der Waals surface area contributed by atoms with Crippen molar-refractivity contribution < 1.29 is 28.3 Å². The lowest BCUT2D eigenvalue weighted by atomic mass is 9.96. The number of carbonyl (C=O) groups is 3. The van der Waals surface area contributed by atoms with E-state index in [1.54, 1.807) is 6.07 Å². The number of carbonyl (C=O) groups excluding carboxylic acids is 3. The van der Waals surface area contributed by atoms with Gasteiger partial charge in [0.1, 0.15) is 24.5 Å². The van der Waals surface area contributed by atoms with E-state index in [1.807, 2.05) is 78.9 Å². The zero-order valence-electron chi connectivity index (χ0n) is 25.2. The van der Waals surface area contributed by atoms with Crippen molar-refractivity contribution in [2.45, 2.75) is 53.6 Å². The van der Waals surface area contributed by atoms with E-state index in [2.05, 4.69) is 47.3 Å². The second-order valence-corrected chi connectivity index (χ2v) is 14.6. The standard InChI is InChI=1S/C36H34IN3O5/c1-40(2)31-19-28(20-36(40,37)34-33(31)45-34)44-35(43)39-30-17-22(9-14-29(30)24-6-4-3-5-7-24)10-15-32(42)38-27-13-12-25-16-23(21-41)8-11-26(25)18-27/h3-9,11-14,16-18,21,28,31,33-34H,10,15,19-20H2,1-2H3,(H-,38,39,41,42,43)/p+1/t28-,31-,33-,34+,36-/m0/s1. The molecule has 5 atom stereocenters. The van der Waals surface area contributed by atoms with Crippen LogP contribution in [0.15, 0.2) is 84.9 Å². The summed E-state index contributed by atoms with van der Waals surface area (Å²) in [7, 11) is 4.52. The number of hydrogen-bond donors (Lipinski definition) is 2. The number of nitrogens with zero attached hydrogens (tertiary/aromatic N) is 1. The lowest BCUT2D eigenvalue weighted by Crippen LogP contribution is -2.65. The summed E-state index contributed by atoms with van der Waals surface area (Å²) in [4.78, 5) is 37.3. The number of aryl methyl sites for hydroxylation is 1. The maximum atomic E-state index is 13.3. The summed E-state index contributed by atoms with van der Waals surface area (Å²) in [5, 5.41) is 7.90. The van der Waals surface area contributed by atoms with E-state index in [1.165, 1.54) is 0 Å². The molecule has 3 aliphatic rings. The molecule has 3 heterocycles. The highest BCUT2D eigenvalue weighted by Gasteiger charge is 2.78. The Morgan fingerprint density at radius 1 is 1.00 bits per heavy atom. The maximum absolute atomic E-state index is 13.3. The molecule has 0 aliphatic carbocycles. The van der Waals surface area contributed by atoms with E-state index in [9.17, 15) is 14.4 Å². The number of ether oxygens (including phenoxy) is 2. The van der Waals surface area contributed by atoms with Crippen LogP contribution >= 0.6 is 22.6 Å². The minimum atomic E-state index is -0.468. The topological polar surface area (TPSA) is 97.0 Å². The Morgan fingerprint density at radius 2 is 1.78 bits per heavy atom. The molecule has 3 fully saturated rings. The molecule has 2 N–H and O–H groups in total. The number of nitrogens with one attached hydrogen (secondary N) is 2. The van der Waals surface area contributed by atoms with Crippen molar-refractivity contribution in [1.29, 1.82) is 0 Å². The number of piperidine rings is 1. The number of amides is 2. The summed E-state index contributed by atoms with van der Waals surface area (Å²) in [6.45, 7) is 0. The van der Waals surface area contributed by atoms with Gasteiger partial charge in [-0.05, 0) is 75.2 Å². The molecule has 7 rings (SSSR count). The second kappa shape index (κ2) is 11.5. The lowest BCUT2D eigenvalue weighted by Gasteiger charge is -2.50. The van der Waals surface area contributed by atoms with Crippen LogP contribution in [0.1, 0.15) is 35.2 Å². The number of quaternary nitrogens is 1. The van der Waals surface area contributed by atoms with E-state index in [-0.39, 0.29) is 34.2 Å². The number of halogens is 1. The van der Waals surface area contributed by atoms with E-state index in [0.29, 0.717) is 29.4 Å². The molecule has 2 amide bonds. The molecule has 3 saturated heterocycles. The Morgan fingerprint density at radius 3 is 2.56 bits per heavy atom. The van der Waals surface area contributed by atoms with Gasteiger partial charge in [0.25, 0.3) is 0 Å². The summed E-state index contributed by atoms with van der Waals surface area (Å²) in [6.07, 6.45) is 2.97. The maximum Gasteiger partial charge on any atom is 0.411 e. The summed E-state index contributed by atoms with van der Waals surface area (Å²) >= 11 is 2.53. The van der Waals surface area contributed by atoms with Gasteiger partial charge >= 0.3 is 6.09 Å². The van der Waals surface area contributed by atoms with Gasteiger partial charge in [-0.1, -0.05) is 60.7 Å². The number of aldehydes is 1. The molecular formula is C36H35IN3O5+. The van der Waals surface area contributed by atoms with Crippen LogP contribution in [0.4, 0.5) is 16.2 Å². The van der Waals surface area contributed by atoms with Crippen molar-refractivity contribution in [2.24, 2.45) is 0 Å². The number of hydrogen-bond acceptors (Lipinski definition) is 5. The fourth-order valence-corrected chi connectivity index (χ4v) is 8.51. The Kier molecular flexibility index (Phi) is 7.66. The second-order valence-electron chi connectivity index (χ2n) is 12.8. The number of benzene rings is 4. The van der Waals surface area contributed by atoms with Crippen LogP contribution in [0.3, 0.4) is 0 Å². The van der Waals surface area contributed by atoms with E-state index < -0.39 is 6.09 Å². The molecule has 230 valence electrons. The van der Waals surface area contributed by atoms with Gasteiger partial charge in [0, 0.05) is 29.7 Å². The molecule has 0 unspecified atom stereocenters. The number of likely N-dealkylation sites (N-methyl/N-ethyl adjacent to an activating group) is 1. The van der Waals surface area contributed by atoms with E-state index in [0.717, 1.165) is 51.1 Å². The highest BCUT2D eigenvalue weighted by Crippen LogP contribution is 2.61. The van der Waals surface area contributed by atoms with Gasteiger partial charge in [-0.25, -0.2) is 4.79 Å². The number of morpholine rings is 1. The predicted octanol–water partition coefficient (Wildman–Crippen LogP) is 6.96. The van der Waals surface area contributed by atoms with Crippen molar-refractivity contribution >= 4 is 63.0 Å². The van der Waals surface area contributed by atoms with Gasteiger partial charge in [0.15, 0.2) is 9.65 Å². The number of alkyl halides is 1. The third-order valence-electron chi connectivity index (χ3n) is 9.75. The SMILES string of the molecule is C[N+]1(C)[C@H]2C[C@H](OC(=O)Nc3cc(CCC(=O)Nc4ccc5cc(C=O)ccc5c4)ccc3-c3ccccc3)C[C@@]1(I)[C@@H]1O[C@H]12. The first-order valence-corrected chi connectivity index (χ1v) is 16.4. The number of anilines is 2. The number of rotatable bonds is 8. The monoisotopic (exact) mass is 716 g/mol. The number of fused-ring (bicyclic) bond motifs is 6. The molecule has 3 aliphatic heterocycles. The number of epoxide rings is 1. The van der Waals surface area contributed by atoms with Crippen LogP contribution in [0.2, 0.25) is 0 Å². The molecule has 0 saturated carbocycles. The zero-order chi connectivity index (χ0) is 31.3. The summed E-state index contributed by atoms with van der Waals surface area (Å²) in [5.74, 6) is -0.108. The molecule has 2 bridgehead atoms. The van der Waals surface area contributed by atoms with E-state index in [4.69, 9.17) is 9.47 Å². The first-order valence-electron chi connectivity index (χ1n) is 15.3. The van der Waals surface area contributed by atoms with Gasteiger partial charge in [-0.2, -0.15) is 0 Å². The highest BCUT2D eigenvalue weighted by atomic mass is 127. The van der Waals surface area contributed by atoms with Crippen LogP contribution in [0.25, 0.3) is 21.9 Å². The van der Waals surface area contributed by atoms with E-state index >= 15 is 0 Å². The molecule has 4 aromatic rings. The molecule has 45 heavy (non-hydrogen) atoms. The molecule has 0 spiro atoms. The largest absolute Gasteiger partial charge is 0.445 e. The molecule has 0 radical (unpaired) electrons. The Hall–Kier alpha value is -3.80. The van der Waals surface area contributed by atoms with Crippen molar-refractivity contribution in [3.05, 3.63) is 96.1 Å². The van der Waals surface area contributed by atoms with Crippen LogP contribution < -0.4 is 10.6 Å². The fourth-order valence-electron chi connectivity index (χ4n) is 7.16. The van der Waals surface area contributed by atoms with Gasteiger partial charge in [0.2, 0.25) is 5.91 Å². The van der Waals surface area contributed by atoms with Crippen molar-refractivity contribution in [1.82, 2.24) is 0 Å². The average Bonchev–Trinajstić information content (AvgIpc) is 3.82. The Bertz CT molecular complexity index is 1810. The van der Waals surface area contributed by atoms with Crippen molar-refractivity contribution in [2.75, 3.05) is 24.7 Å². The van der Waals surface area contributed by atoms with Gasteiger partial charge in [-0.15, -0.1) is 0 Å². The summed E-state index contributed by atoms with van der Waals surface area (Å²) < 4.78 is 12.8. The predicted molar refractivity (Wildman–Crippen MR) is 183 cm³/mol. The molecule has 9 heteroatoms. The third kappa shape index (κ3) is 5.62. The quantitative estimate of drug-likeness (QED) is 0.0514. The smallest absolute Gasteiger partial charge is 0.411 e. The normalized spacial score (nSPS) is 25.7. The molecule has 4 aromatic carbocycles. The summed E-state index contributed by atoms with van der Waals surface area (Å²) in [5.41, 5.74) is 4.76. The van der Waals surface area contributed by atoms with Gasteiger partial charge in [-0.3, -0.25) is 14.9 Å². The Labute approximate surface area is 275 Å². The minimum absolute atomic E-state index is 0.0985. The minimum Gasteiger partial charge on any atom is -0.445 e. The van der Waals surface area contributed by atoms with Crippen LogP contribution in [-0.4, -0.2) is 64.8 Å². The van der Waals surface area contributed by atoms with Crippen molar-refractivity contribution in [3.8, 4) is 11.1 Å². The fraction of sp³-hybridized carbons (Fsp3) is 0.306. The van der Waals surface area contributed by atoms with Crippen LogP contribution in [0.5, 0.6) is 0 Å². The first-order chi connectivity index (χ1) is 21.6. The Balaban J connectivity index is 1.03. The molecule has 8 nitrogen and oxygen atoms in total. The lowest BCUT2D eigenvalue weighted by molar-refractivity contribution is -0.943. The average molecular weight is 717 g/mol. The van der Waals surface area contributed by atoms with Crippen molar-refractivity contribution in [3.63, 3.8) is 0 Å². The van der Waals surface area contributed by atoms with Crippen LogP contribution in [-0.2, 0) is 20.7 Å². The summed E-state index contributed by atoms with van der Waals surface area (Å²) in [6, 6.07) is 27.2.